The van der Waals surface area contributed by atoms with E-state index in [1.807, 2.05) is 42.5 Å². The van der Waals surface area contributed by atoms with Gasteiger partial charge in [-0.3, -0.25) is 4.79 Å². The highest BCUT2D eigenvalue weighted by Gasteiger charge is 2.35. The van der Waals surface area contributed by atoms with Crippen LogP contribution in [0.25, 0.3) is 0 Å². The van der Waals surface area contributed by atoms with Crippen LogP contribution in [0.5, 0.6) is 0 Å². The fourth-order valence-corrected chi connectivity index (χ4v) is 4.13. The number of fused-ring (bicyclic) bond motifs is 1. The van der Waals surface area contributed by atoms with Crippen LogP contribution in [0.2, 0.25) is 0 Å². The number of primary amides is 1. The lowest BCUT2D eigenvalue weighted by atomic mass is 9.85. The van der Waals surface area contributed by atoms with Gasteiger partial charge < -0.3 is 21.1 Å². The van der Waals surface area contributed by atoms with Gasteiger partial charge in [-0.2, -0.15) is 0 Å². The van der Waals surface area contributed by atoms with E-state index in [0.717, 1.165) is 16.7 Å². The highest BCUT2D eigenvalue weighted by molar-refractivity contribution is 6.57. The number of hydrogen-bond donors (Lipinski definition) is 4. The number of hydrogen-bond acceptors (Lipinski definition) is 6. The van der Waals surface area contributed by atoms with Gasteiger partial charge in [0.2, 0.25) is 5.91 Å². The molecule has 3 aromatic rings. The van der Waals surface area contributed by atoms with Crippen LogP contribution in [0.1, 0.15) is 45.7 Å². The Morgan fingerprint density at radius 1 is 1.17 bits per heavy atom. The van der Waals surface area contributed by atoms with Crippen LogP contribution in [-0.4, -0.2) is 33.0 Å². The van der Waals surface area contributed by atoms with Crippen molar-refractivity contribution < 1.29 is 14.8 Å². The van der Waals surface area contributed by atoms with Crippen molar-refractivity contribution in [1.29, 1.82) is 0 Å². The monoisotopic (exact) mass is 402 g/mol. The van der Waals surface area contributed by atoms with E-state index >= 15 is 0 Å². The van der Waals surface area contributed by atoms with Gasteiger partial charge in [0.15, 0.2) is 0 Å². The zero-order chi connectivity index (χ0) is 21.3. The van der Waals surface area contributed by atoms with Gasteiger partial charge in [-0.05, 0) is 41.2 Å². The maximum Gasteiger partial charge on any atom is 0.508 e. The molecule has 0 radical (unpaired) electrons. The van der Waals surface area contributed by atoms with E-state index in [2.05, 4.69) is 22.2 Å². The molecule has 0 saturated carbocycles. The second-order valence-corrected chi connectivity index (χ2v) is 7.65. The van der Waals surface area contributed by atoms with Gasteiger partial charge in [0, 0.05) is 18.0 Å². The average molecular weight is 402 g/mol. The standard InChI is InChI=1S/C22H23BN4O3/c1-13-10-17-15(8-5-9-16(17)21(24)28)20(13)22-26-18(23(29)30)11-19(27-22)25-12-14-6-3-2-4-7-14/h2-9,11,13,20,29-30H,10,12H2,1H3,(H2,24,28)(H,25,26,27). The van der Waals surface area contributed by atoms with Gasteiger partial charge in [-0.25, -0.2) is 9.97 Å². The molecule has 7 nitrogen and oxygen atoms in total. The molecule has 0 bridgehead atoms. The van der Waals surface area contributed by atoms with Gasteiger partial charge in [0.05, 0.1) is 5.59 Å². The second-order valence-electron chi connectivity index (χ2n) is 7.65. The molecule has 0 spiro atoms. The van der Waals surface area contributed by atoms with E-state index < -0.39 is 13.0 Å². The third kappa shape index (κ3) is 3.92. The van der Waals surface area contributed by atoms with Crippen LogP contribution in [0.4, 0.5) is 5.82 Å². The van der Waals surface area contributed by atoms with Gasteiger partial charge in [-0.1, -0.05) is 49.4 Å². The van der Waals surface area contributed by atoms with Crippen molar-refractivity contribution in [3.05, 3.63) is 82.7 Å². The predicted molar refractivity (Wildman–Crippen MR) is 115 cm³/mol. The zero-order valence-corrected chi connectivity index (χ0v) is 16.6. The number of anilines is 1. The lowest BCUT2D eigenvalue weighted by molar-refractivity contribution is 0.0999. The van der Waals surface area contributed by atoms with Crippen molar-refractivity contribution in [3.63, 3.8) is 0 Å². The van der Waals surface area contributed by atoms with E-state index in [9.17, 15) is 14.8 Å². The van der Waals surface area contributed by atoms with E-state index in [1.54, 1.807) is 6.07 Å². The Labute approximate surface area is 175 Å². The first-order valence-electron chi connectivity index (χ1n) is 9.88. The number of benzene rings is 2. The number of rotatable bonds is 6. The summed E-state index contributed by atoms with van der Waals surface area (Å²) in [5.41, 5.74) is 9.15. The van der Waals surface area contributed by atoms with Crippen molar-refractivity contribution in [1.82, 2.24) is 9.97 Å². The van der Waals surface area contributed by atoms with Gasteiger partial charge >= 0.3 is 7.12 Å². The summed E-state index contributed by atoms with van der Waals surface area (Å²) < 4.78 is 0. The molecule has 1 aromatic heterocycles. The smallest absolute Gasteiger partial charge is 0.422 e. The Hall–Kier alpha value is -3.23. The summed E-state index contributed by atoms with van der Waals surface area (Å²) in [5, 5.41) is 22.8. The van der Waals surface area contributed by atoms with Crippen LogP contribution < -0.4 is 16.6 Å². The van der Waals surface area contributed by atoms with Crippen LogP contribution in [0.15, 0.2) is 54.6 Å². The predicted octanol–water partition coefficient (Wildman–Crippen LogP) is 1.19. The fraction of sp³-hybridized carbons (Fsp3) is 0.227. The number of amides is 1. The average Bonchev–Trinajstić information content (AvgIpc) is 3.08. The molecule has 1 amide bonds. The van der Waals surface area contributed by atoms with Crippen molar-refractivity contribution >= 4 is 24.4 Å². The van der Waals surface area contributed by atoms with Crippen molar-refractivity contribution in [2.45, 2.75) is 25.8 Å². The third-order valence-corrected chi connectivity index (χ3v) is 5.53. The van der Waals surface area contributed by atoms with Crippen molar-refractivity contribution in [2.75, 3.05) is 5.32 Å². The molecule has 2 atom stereocenters. The van der Waals surface area contributed by atoms with Crippen LogP contribution in [0.3, 0.4) is 0 Å². The minimum absolute atomic E-state index is 0.127. The molecular weight excluding hydrogens is 379 g/mol. The second kappa shape index (κ2) is 8.26. The Kier molecular flexibility index (Phi) is 5.52. The third-order valence-electron chi connectivity index (χ3n) is 5.53. The first kappa shape index (κ1) is 20.1. The molecule has 2 aromatic carbocycles. The number of nitrogens with one attached hydrogen (secondary N) is 1. The molecule has 30 heavy (non-hydrogen) atoms. The Bertz CT molecular complexity index is 1080. The maximum atomic E-state index is 11.8. The molecule has 0 saturated heterocycles. The first-order valence-corrected chi connectivity index (χ1v) is 9.88. The van der Waals surface area contributed by atoms with Crippen LogP contribution in [-0.2, 0) is 13.0 Å². The summed E-state index contributed by atoms with van der Waals surface area (Å²) in [5.74, 6) is 0.511. The van der Waals surface area contributed by atoms with E-state index in [0.29, 0.717) is 30.2 Å². The fourth-order valence-electron chi connectivity index (χ4n) is 4.13. The number of aromatic nitrogens is 2. The largest absolute Gasteiger partial charge is 0.508 e. The Morgan fingerprint density at radius 2 is 1.93 bits per heavy atom. The molecule has 8 heteroatoms. The van der Waals surface area contributed by atoms with Crippen molar-refractivity contribution in [3.8, 4) is 0 Å². The molecular formula is C22H23BN4O3. The molecule has 1 heterocycles. The first-order chi connectivity index (χ1) is 14.4. The topological polar surface area (TPSA) is 121 Å². The molecule has 5 N–H and O–H groups in total. The molecule has 1 aliphatic rings. The molecule has 0 aliphatic heterocycles. The quantitative estimate of drug-likeness (QED) is 0.460. The summed E-state index contributed by atoms with van der Waals surface area (Å²) in [7, 11) is -1.71. The highest BCUT2D eigenvalue weighted by Crippen LogP contribution is 2.42. The van der Waals surface area contributed by atoms with Crippen molar-refractivity contribution in [2.24, 2.45) is 11.7 Å². The lowest BCUT2D eigenvalue weighted by Crippen LogP contribution is -2.35. The molecule has 1 aliphatic carbocycles. The number of nitrogens with two attached hydrogens (primary N) is 1. The molecule has 0 fully saturated rings. The minimum atomic E-state index is -1.71. The zero-order valence-electron chi connectivity index (χ0n) is 16.6. The number of carbonyl (C=O) groups excluding carboxylic acids is 1. The Balaban J connectivity index is 1.71. The van der Waals surface area contributed by atoms with Crippen LogP contribution in [0, 0.1) is 5.92 Å². The highest BCUT2D eigenvalue weighted by atomic mass is 16.4. The summed E-state index contributed by atoms with van der Waals surface area (Å²) >= 11 is 0. The lowest BCUT2D eigenvalue weighted by Gasteiger charge is -2.18. The van der Waals surface area contributed by atoms with E-state index in [-0.39, 0.29) is 17.4 Å². The molecule has 4 rings (SSSR count). The van der Waals surface area contributed by atoms with Gasteiger partial charge in [0.25, 0.3) is 0 Å². The minimum Gasteiger partial charge on any atom is -0.422 e. The Morgan fingerprint density at radius 3 is 2.63 bits per heavy atom. The summed E-state index contributed by atoms with van der Waals surface area (Å²) in [6, 6.07) is 16.9. The van der Waals surface area contributed by atoms with Gasteiger partial charge in [0.1, 0.15) is 11.6 Å². The SMILES string of the molecule is CC1Cc2c(C(N)=O)cccc2C1c1nc(NCc2ccccc2)cc(B(O)O)n1. The molecule has 2 unspecified atom stereocenters. The van der Waals surface area contributed by atoms with Gasteiger partial charge in [-0.15, -0.1) is 0 Å². The maximum absolute atomic E-state index is 11.8. The molecule has 152 valence electrons. The van der Waals surface area contributed by atoms with Crippen LogP contribution >= 0.6 is 0 Å². The van der Waals surface area contributed by atoms with E-state index in [1.165, 1.54) is 6.07 Å². The number of nitrogens with zero attached hydrogens (tertiary/aromatic N) is 2. The van der Waals surface area contributed by atoms with E-state index in [4.69, 9.17) is 5.73 Å². The summed E-state index contributed by atoms with van der Waals surface area (Å²) in [6.45, 7) is 2.61. The number of carbonyl (C=O) groups is 1. The normalized spacial score (nSPS) is 17.4. The summed E-state index contributed by atoms with van der Waals surface area (Å²) in [4.78, 5) is 20.9. The summed E-state index contributed by atoms with van der Waals surface area (Å²) in [6.07, 6.45) is 0.682.